The van der Waals surface area contributed by atoms with E-state index in [4.69, 9.17) is 9.97 Å². The van der Waals surface area contributed by atoms with Gasteiger partial charge in [-0.3, -0.25) is 4.98 Å². The van der Waals surface area contributed by atoms with Crippen LogP contribution in [-0.2, 0) is 0 Å². The molecular formula is C37H29N3. The first-order valence-corrected chi connectivity index (χ1v) is 14.0. The molecule has 3 aromatic carbocycles. The lowest BCUT2D eigenvalue weighted by Crippen LogP contribution is -1.98. The van der Waals surface area contributed by atoms with Gasteiger partial charge in [-0.1, -0.05) is 85.8 Å². The van der Waals surface area contributed by atoms with Gasteiger partial charge in [-0.2, -0.15) is 0 Å². The van der Waals surface area contributed by atoms with E-state index in [1.54, 1.807) is 6.20 Å². The second kappa shape index (κ2) is 10.3. The molecular weight excluding hydrogens is 486 g/mol. The third-order valence-corrected chi connectivity index (χ3v) is 7.81. The molecule has 0 aliphatic heterocycles. The molecule has 0 saturated carbocycles. The zero-order valence-corrected chi connectivity index (χ0v) is 22.5. The lowest BCUT2D eigenvalue weighted by atomic mass is 9.90. The van der Waals surface area contributed by atoms with Crippen LogP contribution in [0.3, 0.4) is 0 Å². The fraction of sp³-hybridized carbons (Fsp3) is 0.108. The van der Waals surface area contributed by atoms with Crippen LogP contribution in [0.15, 0.2) is 128 Å². The highest BCUT2D eigenvalue weighted by atomic mass is 14.8. The average Bonchev–Trinajstić information content (AvgIpc) is 3.04. The topological polar surface area (TPSA) is 38.7 Å². The molecule has 0 N–H and O–H groups in total. The van der Waals surface area contributed by atoms with Gasteiger partial charge >= 0.3 is 0 Å². The molecule has 0 radical (unpaired) electrons. The zero-order chi connectivity index (χ0) is 26.9. The normalized spacial score (nSPS) is 14.9. The maximum atomic E-state index is 5.10. The summed E-state index contributed by atoms with van der Waals surface area (Å²) >= 11 is 0. The van der Waals surface area contributed by atoms with E-state index in [2.05, 4.69) is 109 Å². The van der Waals surface area contributed by atoms with E-state index < -0.39 is 0 Å². The first-order valence-electron chi connectivity index (χ1n) is 14.0. The molecule has 3 aromatic heterocycles. The summed E-state index contributed by atoms with van der Waals surface area (Å²) in [6, 6.07) is 36.1. The van der Waals surface area contributed by atoms with E-state index in [1.807, 2.05) is 24.3 Å². The third-order valence-electron chi connectivity index (χ3n) is 7.81. The SMILES string of the molecule is CCC1C=C(c2cccc(-c3ccc4ccc(-c5ccc6ccc(-c7ccccn7)nc6c5)cc4n3)c2)C=CC1. The number of hydrogen-bond donors (Lipinski definition) is 0. The minimum Gasteiger partial charge on any atom is -0.255 e. The van der Waals surface area contributed by atoms with Crippen LogP contribution < -0.4 is 0 Å². The van der Waals surface area contributed by atoms with E-state index in [1.165, 1.54) is 17.6 Å². The maximum absolute atomic E-state index is 5.10. The van der Waals surface area contributed by atoms with Crippen LogP contribution in [-0.4, -0.2) is 15.0 Å². The molecule has 0 fully saturated rings. The first-order chi connectivity index (χ1) is 19.7. The standard InChI is InChI=1S/C37H29N3/c1-2-25-7-5-8-28(21-25)29-9-6-10-32(22-29)33-18-16-26-12-14-30(23-36(26)39-33)31-15-13-27-17-19-35(40-37(27)24-31)34-11-3-4-20-38-34/h3-6,8-25H,2,7H2,1H3. The van der Waals surface area contributed by atoms with Crippen molar-refractivity contribution in [2.45, 2.75) is 19.8 Å². The molecule has 6 aromatic rings. The Morgan fingerprint density at radius 3 is 2.05 bits per heavy atom. The van der Waals surface area contributed by atoms with Crippen molar-refractivity contribution >= 4 is 27.4 Å². The second-order valence-corrected chi connectivity index (χ2v) is 10.4. The monoisotopic (exact) mass is 515 g/mol. The van der Waals surface area contributed by atoms with Crippen molar-refractivity contribution < 1.29 is 0 Å². The van der Waals surface area contributed by atoms with Crippen molar-refractivity contribution in [3.8, 4) is 33.8 Å². The molecule has 7 rings (SSSR count). The molecule has 0 spiro atoms. The third kappa shape index (κ3) is 4.71. The van der Waals surface area contributed by atoms with Crippen LogP contribution in [0.25, 0.3) is 61.2 Å². The summed E-state index contributed by atoms with van der Waals surface area (Å²) in [7, 11) is 0. The van der Waals surface area contributed by atoms with E-state index in [0.717, 1.165) is 62.0 Å². The Hall–Kier alpha value is -4.89. The molecule has 1 atom stereocenters. The molecule has 1 unspecified atom stereocenters. The Bertz CT molecular complexity index is 1920. The summed E-state index contributed by atoms with van der Waals surface area (Å²) in [5.41, 5.74) is 10.6. The van der Waals surface area contributed by atoms with E-state index in [0.29, 0.717) is 5.92 Å². The molecule has 3 heterocycles. The van der Waals surface area contributed by atoms with Crippen molar-refractivity contribution in [1.29, 1.82) is 0 Å². The van der Waals surface area contributed by atoms with Crippen molar-refractivity contribution in [2.24, 2.45) is 5.92 Å². The van der Waals surface area contributed by atoms with E-state index in [-0.39, 0.29) is 0 Å². The summed E-state index contributed by atoms with van der Waals surface area (Å²) < 4.78 is 0. The van der Waals surface area contributed by atoms with E-state index >= 15 is 0 Å². The number of fused-ring (bicyclic) bond motifs is 2. The minimum absolute atomic E-state index is 0.618. The Morgan fingerprint density at radius 1 is 0.625 bits per heavy atom. The van der Waals surface area contributed by atoms with Crippen molar-refractivity contribution in [3.05, 3.63) is 133 Å². The number of aromatic nitrogens is 3. The number of pyridine rings is 3. The van der Waals surface area contributed by atoms with Gasteiger partial charge in [-0.15, -0.1) is 0 Å². The smallest absolute Gasteiger partial charge is 0.0893 e. The van der Waals surface area contributed by atoms with Crippen LogP contribution >= 0.6 is 0 Å². The summed E-state index contributed by atoms with van der Waals surface area (Å²) in [6.45, 7) is 2.26. The molecule has 40 heavy (non-hydrogen) atoms. The minimum atomic E-state index is 0.618. The second-order valence-electron chi connectivity index (χ2n) is 10.4. The van der Waals surface area contributed by atoms with Gasteiger partial charge in [0, 0.05) is 22.5 Å². The highest BCUT2D eigenvalue weighted by Crippen LogP contribution is 2.31. The van der Waals surface area contributed by atoms with Gasteiger partial charge in [0.2, 0.25) is 0 Å². The quantitative estimate of drug-likeness (QED) is 0.229. The Morgan fingerprint density at radius 2 is 1.32 bits per heavy atom. The lowest BCUT2D eigenvalue weighted by Gasteiger charge is -2.15. The number of benzene rings is 3. The van der Waals surface area contributed by atoms with Crippen LogP contribution in [0.5, 0.6) is 0 Å². The predicted molar refractivity (Wildman–Crippen MR) is 167 cm³/mol. The molecule has 1 aliphatic rings. The molecule has 3 heteroatoms. The van der Waals surface area contributed by atoms with Gasteiger partial charge < -0.3 is 0 Å². The zero-order valence-electron chi connectivity index (χ0n) is 22.5. The van der Waals surface area contributed by atoms with Gasteiger partial charge in [-0.05, 0) is 83.5 Å². The van der Waals surface area contributed by atoms with Gasteiger partial charge in [0.25, 0.3) is 0 Å². The van der Waals surface area contributed by atoms with Crippen LogP contribution in [0.1, 0.15) is 25.3 Å². The maximum Gasteiger partial charge on any atom is 0.0893 e. The largest absolute Gasteiger partial charge is 0.255 e. The molecule has 0 bridgehead atoms. The molecule has 0 saturated heterocycles. The number of nitrogens with zero attached hydrogens (tertiary/aromatic N) is 3. The van der Waals surface area contributed by atoms with Crippen LogP contribution in [0.2, 0.25) is 0 Å². The average molecular weight is 516 g/mol. The fourth-order valence-electron chi connectivity index (χ4n) is 5.49. The number of hydrogen-bond acceptors (Lipinski definition) is 3. The Kier molecular flexibility index (Phi) is 6.25. The summed E-state index contributed by atoms with van der Waals surface area (Å²) in [6.07, 6.45) is 11.1. The Balaban J connectivity index is 1.24. The predicted octanol–water partition coefficient (Wildman–Crippen LogP) is 9.55. The fourth-order valence-corrected chi connectivity index (χ4v) is 5.49. The summed E-state index contributed by atoms with van der Waals surface area (Å²) in [4.78, 5) is 14.5. The number of allylic oxidation sites excluding steroid dienone is 4. The van der Waals surface area contributed by atoms with Gasteiger partial charge in [0.05, 0.1) is 28.1 Å². The van der Waals surface area contributed by atoms with Crippen LogP contribution in [0.4, 0.5) is 0 Å². The van der Waals surface area contributed by atoms with Gasteiger partial charge in [0.15, 0.2) is 0 Å². The molecule has 1 aliphatic carbocycles. The summed E-state index contributed by atoms with van der Waals surface area (Å²) in [5, 5.41) is 2.24. The molecule has 192 valence electrons. The number of rotatable bonds is 5. The molecule has 0 amide bonds. The van der Waals surface area contributed by atoms with Crippen LogP contribution in [0, 0.1) is 5.92 Å². The lowest BCUT2D eigenvalue weighted by molar-refractivity contribution is 0.635. The molecule has 3 nitrogen and oxygen atoms in total. The van der Waals surface area contributed by atoms with E-state index in [9.17, 15) is 0 Å². The first kappa shape index (κ1) is 24.2. The van der Waals surface area contributed by atoms with Crippen molar-refractivity contribution in [1.82, 2.24) is 15.0 Å². The highest BCUT2D eigenvalue weighted by molar-refractivity contribution is 5.90. The Labute approximate surface area is 234 Å². The van der Waals surface area contributed by atoms with Crippen molar-refractivity contribution in [2.75, 3.05) is 0 Å². The summed E-state index contributed by atoms with van der Waals surface area (Å²) in [5.74, 6) is 0.618. The highest BCUT2D eigenvalue weighted by Gasteiger charge is 2.11. The van der Waals surface area contributed by atoms with Crippen molar-refractivity contribution in [3.63, 3.8) is 0 Å². The van der Waals surface area contributed by atoms with Gasteiger partial charge in [0.1, 0.15) is 0 Å². The van der Waals surface area contributed by atoms with Gasteiger partial charge in [-0.25, -0.2) is 9.97 Å².